The SMILES string of the molecule is O=C(O)CC(NC(=O)C(CC(=O)O)NC(=O)CCCCSSCCC(=O)NCC#CC1CCCCC(C2CC(O)C(CCO)O2)CC1)C(=O)O. The average molecular weight is 746 g/mol. The summed E-state index contributed by atoms with van der Waals surface area (Å²) in [6.45, 7) is 0.294. The minimum Gasteiger partial charge on any atom is -0.481 e. The highest BCUT2D eigenvalue weighted by Gasteiger charge is 2.38. The number of amides is 3. The first-order valence-corrected chi connectivity index (χ1v) is 19.6. The number of unbranched alkanes of at least 4 members (excludes halogenated alkanes) is 1. The standard InChI is InChI=1S/C33H51N3O12S2/c37-15-12-26-25(38)20-27(48-26)22-8-2-1-6-21(10-11-22)7-5-14-34-28(39)13-17-50-49-16-4-3-9-29(40)35-23(18-30(41)42)32(45)36-24(33(46)47)19-31(43)44/h21-27,37-38H,1-4,6,8-20H2,(H,34,39)(H,35,40)(H,36,45)(H,41,42)(H,43,44)(H,46,47). The van der Waals surface area contributed by atoms with Gasteiger partial charge in [0.2, 0.25) is 17.7 Å². The third-order valence-electron chi connectivity index (χ3n) is 8.54. The number of ether oxygens (including phenoxy) is 1. The number of hydrogen-bond acceptors (Lipinski definition) is 11. The molecule has 1 heterocycles. The lowest BCUT2D eigenvalue weighted by molar-refractivity contribution is -0.148. The van der Waals surface area contributed by atoms with Gasteiger partial charge in [-0.15, -0.1) is 0 Å². The third kappa shape index (κ3) is 17.8. The predicted molar refractivity (Wildman–Crippen MR) is 186 cm³/mol. The van der Waals surface area contributed by atoms with Gasteiger partial charge >= 0.3 is 17.9 Å². The van der Waals surface area contributed by atoms with Crippen molar-refractivity contribution in [2.45, 2.75) is 120 Å². The Bertz CT molecular complexity index is 1200. The second kappa shape index (κ2) is 24.2. The van der Waals surface area contributed by atoms with Crippen molar-refractivity contribution in [3.05, 3.63) is 0 Å². The molecule has 0 bridgehead atoms. The highest BCUT2D eigenvalue weighted by Crippen LogP contribution is 2.35. The molecule has 0 aromatic rings. The number of carboxylic acid groups (broad SMARTS) is 3. The fraction of sp³-hybridized carbons (Fsp3) is 0.758. The van der Waals surface area contributed by atoms with E-state index in [4.69, 9.17) is 20.1 Å². The van der Waals surface area contributed by atoms with E-state index in [2.05, 4.69) is 22.5 Å². The first-order valence-electron chi connectivity index (χ1n) is 17.1. The van der Waals surface area contributed by atoms with Gasteiger partial charge < -0.3 is 46.2 Å². The highest BCUT2D eigenvalue weighted by atomic mass is 33.1. The Hall–Kier alpha value is -3.04. The summed E-state index contributed by atoms with van der Waals surface area (Å²) in [4.78, 5) is 70.1. The summed E-state index contributed by atoms with van der Waals surface area (Å²) in [6.07, 6.45) is 6.23. The van der Waals surface area contributed by atoms with Crippen molar-refractivity contribution in [1.82, 2.24) is 16.0 Å². The van der Waals surface area contributed by atoms with Gasteiger partial charge in [0.1, 0.15) is 12.1 Å². The van der Waals surface area contributed by atoms with Crippen LogP contribution in [0, 0.1) is 23.7 Å². The molecule has 0 radical (unpaired) electrons. The van der Waals surface area contributed by atoms with Gasteiger partial charge in [0.15, 0.2) is 0 Å². The van der Waals surface area contributed by atoms with Crippen LogP contribution < -0.4 is 16.0 Å². The zero-order chi connectivity index (χ0) is 36.9. The highest BCUT2D eigenvalue weighted by molar-refractivity contribution is 8.76. The summed E-state index contributed by atoms with van der Waals surface area (Å²) < 4.78 is 6.07. The van der Waals surface area contributed by atoms with Gasteiger partial charge in [-0.1, -0.05) is 46.3 Å². The number of aliphatic hydroxyl groups excluding tert-OH is 2. The first-order chi connectivity index (χ1) is 23.9. The normalized spacial score (nSPS) is 23.2. The van der Waals surface area contributed by atoms with Crippen LogP contribution in [0.2, 0.25) is 0 Å². The van der Waals surface area contributed by atoms with Crippen molar-refractivity contribution in [3.63, 3.8) is 0 Å². The van der Waals surface area contributed by atoms with E-state index in [0.717, 1.165) is 38.5 Å². The van der Waals surface area contributed by atoms with Crippen LogP contribution in [0.1, 0.15) is 89.9 Å². The van der Waals surface area contributed by atoms with Crippen molar-refractivity contribution >= 4 is 57.2 Å². The molecule has 1 saturated carbocycles. The van der Waals surface area contributed by atoms with Crippen LogP contribution in [0.4, 0.5) is 0 Å². The second-order valence-corrected chi connectivity index (χ2v) is 15.2. The molecule has 50 heavy (non-hydrogen) atoms. The number of aliphatic carboxylic acids is 3. The Labute approximate surface area is 300 Å². The molecule has 3 amide bonds. The van der Waals surface area contributed by atoms with Crippen LogP contribution in [-0.4, -0.2) is 116 Å². The van der Waals surface area contributed by atoms with Crippen LogP contribution in [0.5, 0.6) is 0 Å². The van der Waals surface area contributed by atoms with E-state index < -0.39 is 60.8 Å². The van der Waals surface area contributed by atoms with Crippen molar-refractivity contribution < 1.29 is 59.0 Å². The number of hydrogen-bond donors (Lipinski definition) is 8. The summed E-state index contributed by atoms with van der Waals surface area (Å²) in [7, 11) is 3.08. The maximum Gasteiger partial charge on any atom is 0.326 e. The number of rotatable bonds is 21. The zero-order valence-corrected chi connectivity index (χ0v) is 29.8. The third-order valence-corrected chi connectivity index (χ3v) is 11.0. The van der Waals surface area contributed by atoms with Crippen LogP contribution in [-0.2, 0) is 33.5 Å². The number of carboxylic acids is 3. The molecular weight excluding hydrogens is 695 g/mol. The molecule has 15 nitrogen and oxygen atoms in total. The lowest BCUT2D eigenvalue weighted by atomic mass is 9.82. The molecule has 1 saturated heterocycles. The lowest BCUT2D eigenvalue weighted by Crippen LogP contribution is -2.52. The van der Waals surface area contributed by atoms with Crippen LogP contribution >= 0.6 is 21.6 Å². The number of nitrogens with one attached hydrogen (secondary N) is 3. The van der Waals surface area contributed by atoms with E-state index in [-0.39, 0.29) is 43.6 Å². The molecular formula is C33H51N3O12S2. The van der Waals surface area contributed by atoms with Crippen molar-refractivity contribution in [2.24, 2.45) is 11.8 Å². The minimum absolute atomic E-state index is 0.00189. The fourth-order valence-electron chi connectivity index (χ4n) is 5.89. The summed E-state index contributed by atoms with van der Waals surface area (Å²) >= 11 is 0. The monoisotopic (exact) mass is 745 g/mol. The largest absolute Gasteiger partial charge is 0.481 e. The molecule has 1 aliphatic carbocycles. The maximum atomic E-state index is 12.4. The zero-order valence-electron chi connectivity index (χ0n) is 28.2. The van der Waals surface area contributed by atoms with Gasteiger partial charge in [-0.05, 0) is 50.9 Å². The van der Waals surface area contributed by atoms with E-state index in [1.165, 1.54) is 10.8 Å². The molecule has 1 aliphatic heterocycles. The van der Waals surface area contributed by atoms with Crippen molar-refractivity contribution in [3.8, 4) is 11.8 Å². The molecule has 282 valence electrons. The molecule has 2 rings (SSSR count). The molecule has 7 unspecified atom stereocenters. The molecule has 2 fully saturated rings. The molecule has 2 aliphatic rings. The van der Waals surface area contributed by atoms with Gasteiger partial charge in [-0.2, -0.15) is 0 Å². The van der Waals surface area contributed by atoms with E-state index >= 15 is 0 Å². The van der Waals surface area contributed by atoms with E-state index in [9.17, 15) is 39.0 Å². The first kappa shape index (κ1) is 43.1. The molecule has 0 aromatic heterocycles. The Morgan fingerprint density at radius 2 is 1.52 bits per heavy atom. The number of carbonyl (C=O) groups is 6. The average Bonchev–Trinajstić information content (AvgIpc) is 3.39. The Morgan fingerprint density at radius 3 is 2.22 bits per heavy atom. The molecule has 0 aromatic carbocycles. The predicted octanol–water partition coefficient (Wildman–Crippen LogP) is 1.54. The van der Waals surface area contributed by atoms with Gasteiger partial charge in [-0.25, -0.2) is 4.79 Å². The van der Waals surface area contributed by atoms with Gasteiger partial charge in [0, 0.05) is 43.3 Å². The summed E-state index contributed by atoms with van der Waals surface area (Å²) in [5, 5.41) is 53.5. The minimum atomic E-state index is -1.78. The van der Waals surface area contributed by atoms with E-state index in [0.29, 0.717) is 49.5 Å². The molecule has 8 N–H and O–H groups in total. The Morgan fingerprint density at radius 1 is 0.820 bits per heavy atom. The number of carbonyl (C=O) groups excluding carboxylic acids is 3. The maximum absolute atomic E-state index is 12.4. The van der Waals surface area contributed by atoms with Crippen molar-refractivity contribution in [2.75, 3.05) is 24.7 Å². The van der Waals surface area contributed by atoms with E-state index in [1.807, 2.05) is 5.32 Å². The van der Waals surface area contributed by atoms with Crippen LogP contribution in [0.3, 0.4) is 0 Å². The fourth-order valence-corrected chi connectivity index (χ4v) is 8.03. The Kier molecular flexibility index (Phi) is 20.9. The smallest absolute Gasteiger partial charge is 0.326 e. The molecule has 7 atom stereocenters. The van der Waals surface area contributed by atoms with Gasteiger partial charge in [-0.3, -0.25) is 24.0 Å². The summed E-state index contributed by atoms with van der Waals surface area (Å²) in [6, 6.07) is -3.34. The van der Waals surface area contributed by atoms with Gasteiger partial charge in [0.05, 0.1) is 37.7 Å². The van der Waals surface area contributed by atoms with Crippen LogP contribution in [0.25, 0.3) is 0 Å². The van der Waals surface area contributed by atoms with Gasteiger partial charge in [0.25, 0.3) is 0 Å². The van der Waals surface area contributed by atoms with Crippen molar-refractivity contribution in [1.29, 1.82) is 0 Å². The quantitative estimate of drug-likeness (QED) is 0.0472. The topological polar surface area (TPSA) is 249 Å². The number of aliphatic hydroxyl groups is 2. The summed E-state index contributed by atoms with van der Waals surface area (Å²) in [5.41, 5.74) is 0. The second-order valence-electron chi connectivity index (χ2n) is 12.5. The lowest BCUT2D eigenvalue weighted by Gasteiger charge is -2.27. The Balaban J connectivity index is 1.57. The van der Waals surface area contributed by atoms with Crippen LogP contribution in [0.15, 0.2) is 0 Å². The van der Waals surface area contributed by atoms with E-state index in [1.54, 1.807) is 10.8 Å². The molecule has 17 heteroatoms. The summed E-state index contributed by atoms with van der Waals surface area (Å²) in [5.74, 6) is 2.09. The molecule has 0 spiro atoms.